The molecule has 0 aliphatic carbocycles. The minimum absolute atomic E-state index is 0.0532. The number of aryl methyl sites for hydroxylation is 4. The van der Waals surface area contributed by atoms with Gasteiger partial charge < -0.3 is 10.2 Å². The van der Waals surface area contributed by atoms with Crippen LogP contribution in [0.15, 0.2) is 28.0 Å². The average molecular weight is 320 g/mol. The molecule has 118 valence electrons. The Morgan fingerprint density at radius 2 is 1.36 bits per heavy atom. The molecule has 0 fully saturated rings. The maximum atomic E-state index is 13.0. The van der Waals surface area contributed by atoms with Gasteiger partial charge in [-0.1, -0.05) is 6.07 Å². The zero-order valence-electron chi connectivity index (χ0n) is 13.4. The minimum atomic E-state index is -3.87. The fourth-order valence-corrected chi connectivity index (χ4v) is 4.48. The highest BCUT2D eigenvalue weighted by Crippen LogP contribution is 2.37. The summed E-state index contributed by atoms with van der Waals surface area (Å²) in [6, 6.07) is 4.62. The fourth-order valence-electron chi connectivity index (χ4n) is 2.56. The van der Waals surface area contributed by atoms with Crippen LogP contribution in [0, 0.1) is 34.6 Å². The Morgan fingerprint density at radius 3 is 1.95 bits per heavy atom. The van der Waals surface area contributed by atoms with Crippen LogP contribution in [-0.4, -0.2) is 18.6 Å². The van der Waals surface area contributed by atoms with E-state index in [0.29, 0.717) is 22.3 Å². The van der Waals surface area contributed by atoms with E-state index >= 15 is 0 Å². The summed E-state index contributed by atoms with van der Waals surface area (Å²) in [5.41, 5.74) is 2.82. The van der Waals surface area contributed by atoms with Gasteiger partial charge in [-0.15, -0.1) is 0 Å². The number of sulfone groups is 1. The number of benzene rings is 2. The van der Waals surface area contributed by atoms with Gasteiger partial charge in [0.05, 0.1) is 4.90 Å². The van der Waals surface area contributed by atoms with E-state index in [-0.39, 0.29) is 21.3 Å². The summed E-state index contributed by atoms with van der Waals surface area (Å²) in [4.78, 5) is 0.0354. The molecule has 0 heterocycles. The molecule has 4 nitrogen and oxygen atoms in total. The van der Waals surface area contributed by atoms with Crippen LogP contribution in [0.5, 0.6) is 11.5 Å². The highest BCUT2D eigenvalue weighted by atomic mass is 32.2. The van der Waals surface area contributed by atoms with Crippen molar-refractivity contribution >= 4 is 9.84 Å². The lowest BCUT2D eigenvalue weighted by Crippen LogP contribution is -2.08. The molecule has 5 heteroatoms. The van der Waals surface area contributed by atoms with Crippen LogP contribution in [0.1, 0.15) is 27.8 Å². The number of aromatic hydroxyl groups is 2. The maximum absolute atomic E-state index is 13.0. The van der Waals surface area contributed by atoms with Crippen LogP contribution in [0.3, 0.4) is 0 Å². The van der Waals surface area contributed by atoms with Gasteiger partial charge >= 0.3 is 0 Å². The minimum Gasteiger partial charge on any atom is -0.508 e. The van der Waals surface area contributed by atoms with Gasteiger partial charge in [0.2, 0.25) is 9.84 Å². The second-order valence-electron chi connectivity index (χ2n) is 5.72. The van der Waals surface area contributed by atoms with E-state index in [1.165, 1.54) is 12.1 Å². The van der Waals surface area contributed by atoms with Crippen molar-refractivity contribution in [3.63, 3.8) is 0 Å². The Kier molecular flexibility index (Phi) is 3.96. The van der Waals surface area contributed by atoms with Crippen LogP contribution in [-0.2, 0) is 9.84 Å². The first kappa shape index (κ1) is 16.4. The van der Waals surface area contributed by atoms with Crippen molar-refractivity contribution in [3.8, 4) is 11.5 Å². The third kappa shape index (κ3) is 2.46. The molecule has 0 amide bonds. The van der Waals surface area contributed by atoms with Crippen molar-refractivity contribution in [2.75, 3.05) is 0 Å². The lowest BCUT2D eigenvalue weighted by atomic mass is 10.1. The molecule has 22 heavy (non-hydrogen) atoms. The summed E-state index contributed by atoms with van der Waals surface area (Å²) in [7, 11) is -3.87. The highest BCUT2D eigenvalue weighted by molar-refractivity contribution is 7.91. The fraction of sp³-hybridized carbons (Fsp3) is 0.294. The second kappa shape index (κ2) is 5.32. The zero-order chi connectivity index (χ0) is 16.8. The number of hydrogen-bond donors (Lipinski definition) is 2. The Hall–Kier alpha value is -2.01. The molecule has 0 saturated heterocycles. The molecule has 2 N–H and O–H groups in total. The first-order chi connectivity index (χ1) is 10.1. The van der Waals surface area contributed by atoms with Gasteiger partial charge in [0.25, 0.3) is 0 Å². The molecular formula is C17H20O4S. The SMILES string of the molecule is Cc1cc(S(=O)(=O)c2c(C)cc(C)c(C)c2O)c(C)cc1O. The molecule has 0 aromatic heterocycles. The van der Waals surface area contributed by atoms with Crippen molar-refractivity contribution in [2.24, 2.45) is 0 Å². The van der Waals surface area contributed by atoms with Crippen LogP contribution in [0.25, 0.3) is 0 Å². The molecule has 0 radical (unpaired) electrons. The third-order valence-corrected chi connectivity index (χ3v) is 6.08. The Balaban J connectivity index is 2.83. The Morgan fingerprint density at radius 1 is 0.773 bits per heavy atom. The van der Waals surface area contributed by atoms with Gasteiger partial charge in [-0.25, -0.2) is 8.42 Å². The average Bonchev–Trinajstić information content (AvgIpc) is 2.39. The predicted molar refractivity (Wildman–Crippen MR) is 85.4 cm³/mol. The topological polar surface area (TPSA) is 74.6 Å². The van der Waals surface area contributed by atoms with E-state index < -0.39 is 9.84 Å². The van der Waals surface area contributed by atoms with Gasteiger partial charge in [-0.2, -0.15) is 0 Å². The van der Waals surface area contributed by atoms with Crippen molar-refractivity contribution < 1.29 is 18.6 Å². The molecule has 0 bridgehead atoms. The van der Waals surface area contributed by atoms with Gasteiger partial charge in [-0.3, -0.25) is 0 Å². The zero-order valence-corrected chi connectivity index (χ0v) is 14.2. The third-order valence-electron chi connectivity index (χ3n) is 4.00. The molecule has 0 aliphatic rings. The second-order valence-corrected chi connectivity index (χ2v) is 7.58. The van der Waals surface area contributed by atoms with Crippen LogP contribution < -0.4 is 0 Å². The standard InChI is InChI=1S/C17H20O4S/c1-9-6-12(4)17(16(19)13(9)5)22(20,21)15-8-10(2)14(18)7-11(15)3/h6-8,18-19H,1-5H3. The molecule has 0 atom stereocenters. The summed E-state index contributed by atoms with van der Waals surface area (Å²) in [6.07, 6.45) is 0. The van der Waals surface area contributed by atoms with Crippen LogP contribution in [0.2, 0.25) is 0 Å². The molecule has 0 unspecified atom stereocenters. The number of phenolic OH excluding ortho intramolecular Hbond substituents is 2. The Bertz CT molecular complexity index is 865. The van der Waals surface area contributed by atoms with Crippen molar-refractivity contribution in [1.29, 1.82) is 0 Å². The van der Waals surface area contributed by atoms with Crippen molar-refractivity contribution in [2.45, 2.75) is 44.4 Å². The molecule has 0 aliphatic heterocycles. The highest BCUT2D eigenvalue weighted by Gasteiger charge is 2.27. The Labute approximate surface area is 131 Å². The predicted octanol–water partition coefficient (Wildman–Crippen LogP) is 3.47. The van der Waals surface area contributed by atoms with Crippen molar-refractivity contribution in [3.05, 3.63) is 46.0 Å². The number of hydrogen-bond acceptors (Lipinski definition) is 4. The summed E-state index contributed by atoms with van der Waals surface area (Å²) >= 11 is 0. The first-order valence-electron chi connectivity index (χ1n) is 6.92. The largest absolute Gasteiger partial charge is 0.508 e. The molecule has 0 spiro atoms. The molecule has 2 aromatic carbocycles. The van der Waals surface area contributed by atoms with E-state index in [1.807, 2.05) is 6.92 Å². The summed E-state index contributed by atoms with van der Waals surface area (Å²) in [5.74, 6) is -0.153. The number of phenols is 2. The maximum Gasteiger partial charge on any atom is 0.210 e. The van der Waals surface area contributed by atoms with E-state index in [2.05, 4.69) is 0 Å². The smallest absolute Gasteiger partial charge is 0.210 e. The summed E-state index contributed by atoms with van der Waals surface area (Å²) in [5, 5.41) is 20.0. The number of rotatable bonds is 2. The lowest BCUT2D eigenvalue weighted by Gasteiger charge is -2.16. The van der Waals surface area contributed by atoms with Crippen molar-refractivity contribution in [1.82, 2.24) is 0 Å². The van der Waals surface area contributed by atoms with E-state index in [4.69, 9.17) is 0 Å². The molecular weight excluding hydrogens is 300 g/mol. The van der Waals surface area contributed by atoms with Crippen LogP contribution in [0.4, 0.5) is 0 Å². The van der Waals surface area contributed by atoms with Gasteiger partial charge in [-0.05, 0) is 74.6 Å². The molecule has 0 saturated carbocycles. The van der Waals surface area contributed by atoms with Gasteiger partial charge in [0.1, 0.15) is 16.4 Å². The van der Waals surface area contributed by atoms with E-state index in [9.17, 15) is 18.6 Å². The van der Waals surface area contributed by atoms with Crippen LogP contribution >= 0.6 is 0 Å². The normalized spacial score (nSPS) is 11.7. The van der Waals surface area contributed by atoms with Gasteiger partial charge in [0.15, 0.2) is 0 Å². The molecule has 2 aromatic rings. The van der Waals surface area contributed by atoms with Gasteiger partial charge in [0, 0.05) is 0 Å². The van der Waals surface area contributed by atoms with E-state index in [0.717, 1.165) is 5.56 Å². The molecule has 2 rings (SSSR count). The summed E-state index contributed by atoms with van der Waals surface area (Å²) in [6.45, 7) is 8.45. The quantitative estimate of drug-likeness (QED) is 0.888. The first-order valence-corrected chi connectivity index (χ1v) is 8.40. The van der Waals surface area contributed by atoms with E-state index in [1.54, 1.807) is 33.8 Å². The summed E-state index contributed by atoms with van der Waals surface area (Å²) < 4.78 is 26.0. The lowest BCUT2D eigenvalue weighted by molar-refractivity contribution is 0.452. The monoisotopic (exact) mass is 320 g/mol.